The Balaban J connectivity index is 2.00. The summed E-state index contributed by atoms with van der Waals surface area (Å²) in [6.07, 6.45) is 4.59. The zero-order valence-corrected chi connectivity index (χ0v) is 10.4. The quantitative estimate of drug-likeness (QED) is 0.670. The number of benzene rings is 1. The SMILES string of the molecule is CC(=O)N1CCC2CCC1Cc1ccccc12. The minimum Gasteiger partial charge on any atom is -0.340 e. The van der Waals surface area contributed by atoms with E-state index < -0.39 is 0 Å². The number of amides is 1. The van der Waals surface area contributed by atoms with Crippen LogP contribution in [0.15, 0.2) is 24.3 Å². The molecule has 17 heavy (non-hydrogen) atoms. The third kappa shape index (κ3) is 1.86. The van der Waals surface area contributed by atoms with Gasteiger partial charge in [0, 0.05) is 19.5 Å². The van der Waals surface area contributed by atoms with Crippen LogP contribution in [0.3, 0.4) is 0 Å². The molecule has 1 fully saturated rings. The molecule has 1 aromatic carbocycles. The van der Waals surface area contributed by atoms with Crippen LogP contribution in [-0.4, -0.2) is 23.4 Å². The highest BCUT2D eigenvalue weighted by atomic mass is 16.2. The summed E-state index contributed by atoms with van der Waals surface area (Å²) < 4.78 is 0. The van der Waals surface area contributed by atoms with Gasteiger partial charge in [0.05, 0.1) is 0 Å². The number of hydrogen-bond acceptors (Lipinski definition) is 1. The summed E-state index contributed by atoms with van der Waals surface area (Å²) in [6.45, 7) is 2.65. The summed E-state index contributed by atoms with van der Waals surface area (Å²) in [6, 6.07) is 9.23. The van der Waals surface area contributed by atoms with Crippen LogP contribution in [0.25, 0.3) is 0 Å². The lowest BCUT2D eigenvalue weighted by Gasteiger charge is -2.31. The molecule has 0 radical (unpaired) electrons. The van der Waals surface area contributed by atoms with Crippen LogP contribution in [0.4, 0.5) is 0 Å². The first-order valence-electron chi connectivity index (χ1n) is 6.60. The third-order valence-corrected chi connectivity index (χ3v) is 4.36. The van der Waals surface area contributed by atoms with Crippen molar-refractivity contribution in [2.75, 3.05) is 6.54 Å². The summed E-state index contributed by atoms with van der Waals surface area (Å²) in [5, 5.41) is 0. The van der Waals surface area contributed by atoms with Gasteiger partial charge in [-0.3, -0.25) is 4.79 Å². The van der Waals surface area contributed by atoms with Crippen LogP contribution in [0.2, 0.25) is 0 Å². The fourth-order valence-electron chi connectivity index (χ4n) is 3.48. The van der Waals surface area contributed by atoms with Gasteiger partial charge in [-0.05, 0) is 42.7 Å². The Morgan fingerprint density at radius 2 is 2.06 bits per heavy atom. The Labute approximate surface area is 103 Å². The van der Waals surface area contributed by atoms with Crippen molar-refractivity contribution in [3.05, 3.63) is 35.4 Å². The molecule has 1 saturated heterocycles. The van der Waals surface area contributed by atoms with E-state index in [9.17, 15) is 4.79 Å². The van der Waals surface area contributed by atoms with Crippen LogP contribution < -0.4 is 0 Å². The maximum absolute atomic E-state index is 11.7. The second-order valence-electron chi connectivity index (χ2n) is 5.33. The van der Waals surface area contributed by atoms with Gasteiger partial charge in [0.25, 0.3) is 0 Å². The van der Waals surface area contributed by atoms with E-state index in [-0.39, 0.29) is 5.91 Å². The summed E-state index contributed by atoms with van der Waals surface area (Å²) in [4.78, 5) is 13.8. The van der Waals surface area contributed by atoms with Crippen LogP contribution in [0, 0.1) is 0 Å². The van der Waals surface area contributed by atoms with E-state index in [4.69, 9.17) is 0 Å². The van der Waals surface area contributed by atoms with Crippen LogP contribution >= 0.6 is 0 Å². The molecule has 1 amide bonds. The molecule has 1 aliphatic carbocycles. The number of carbonyl (C=O) groups is 1. The summed E-state index contributed by atoms with van der Waals surface area (Å²) >= 11 is 0. The summed E-state index contributed by atoms with van der Waals surface area (Å²) in [5.74, 6) is 0.913. The molecule has 0 N–H and O–H groups in total. The van der Waals surface area contributed by atoms with Crippen molar-refractivity contribution in [2.24, 2.45) is 0 Å². The first-order valence-corrected chi connectivity index (χ1v) is 6.60. The molecule has 0 aromatic heterocycles. The van der Waals surface area contributed by atoms with Crippen LogP contribution in [0.1, 0.15) is 43.2 Å². The lowest BCUT2D eigenvalue weighted by Crippen LogP contribution is -2.40. The zero-order valence-electron chi connectivity index (χ0n) is 10.4. The Hall–Kier alpha value is -1.31. The Morgan fingerprint density at radius 3 is 2.88 bits per heavy atom. The number of fused-ring (bicyclic) bond motifs is 5. The van der Waals surface area contributed by atoms with Gasteiger partial charge >= 0.3 is 0 Å². The maximum atomic E-state index is 11.7. The summed E-state index contributed by atoms with van der Waals surface area (Å²) in [7, 11) is 0. The zero-order chi connectivity index (χ0) is 11.8. The lowest BCUT2D eigenvalue weighted by atomic mass is 9.89. The molecule has 2 bridgehead atoms. The predicted molar refractivity (Wildman–Crippen MR) is 67.9 cm³/mol. The second-order valence-corrected chi connectivity index (χ2v) is 5.33. The van der Waals surface area contributed by atoms with E-state index >= 15 is 0 Å². The minimum absolute atomic E-state index is 0.245. The van der Waals surface area contributed by atoms with E-state index in [1.54, 1.807) is 12.5 Å². The van der Waals surface area contributed by atoms with Gasteiger partial charge < -0.3 is 4.90 Å². The van der Waals surface area contributed by atoms with Gasteiger partial charge in [-0.15, -0.1) is 0 Å². The highest BCUT2D eigenvalue weighted by molar-refractivity contribution is 5.73. The van der Waals surface area contributed by atoms with E-state index in [0.717, 1.165) is 19.4 Å². The molecular formula is C15H19NO. The molecule has 2 heteroatoms. The molecule has 3 rings (SSSR count). The number of likely N-dealkylation sites (tertiary alicyclic amines) is 1. The molecule has 0 spiro atoms. The van der Waals surface area contributed by atoms with E-state index in [0.29, 0.717) is 12.0 Å². The lowest BCUT2D eigenvalue weighted by molar-refractivity contribution is -0.131. The normalized spacial score (nSPS) is 27.2. The highest BCUT2D eigenvalue weighted by Gasteiger charge is 2.32. The number of rotatable bonds is 0. The fourth-order valence-corrected chi connectivity index (χ4v) is 3.48. The minimum atomic E-state index is 0.245. The molecule has 2 nitrogen and oxygen atoms in total. The molecular weight excluding hydrogens is 210 g/mol. The number of hydrogen-bond donors (Lipinski definition) is 0. The molecule has 2 aliphatic rings. The molecule has 2 unspecified atom stereocenters. The smallest absolute Gasteiger partial charge is 0.219 e. The second kappa shape index (κ2) is 4.17. The number of carbonyl (C=O) groups excluding carboxylic acids is 1. The van der Waals surface area contributed by atoms with Crippen molar-refractivity contribution in [1.29, 1.82) is 0 Å². The van der Waals surface area contributed by atoms with Crippen LogP contribution in [-0.2, 0) is 11.2 Å². The largest absolute Gasteiger partial charge is 0.340 e. The van der Waals surface area contributed by atoms with Gasteiger partial charge in [0.1, 0.15) is 0 Å². The van der Waals surface area contributed by atoms with Gasteiger partial charge in [0.15, 0.2) is 0 Å². The molecule has 2 atom stereocenters. The maximum Gasteiger partial charge on any atom is 0.219 e. The molecule has 1 heterocycles. The molecule has 0 saturated carbocycles. The third-order valence-electron chi connectivity index (χ3n) is 4.36. The Morgan fingerprint density at radius 1 is 1.24 bits per heavy atom. The van der Waals surface area contributed by atoms with Crippen molar-refractivity contribution < 1.29 is 4.79 Å². The Bertz CT molecular complexity index is 440. The first kappa shape index (κ1) is 10.8. The average molecular weight is 229 g/mol. The Kier molecular flexibility index (Phi) is 2.65. The molecule has 90 valence electrons. The van der Waals surface area contributed by atoms with Crippen molar-refractivity contribution >= 4 is 5.91 Å². The molecule has 1 aliphatic heterocycles. The predicted octanol–water partition coefficient (Wildman–Crippen LogP) is 2.73. The van der Waals surface area contributed by atoms with Crippen molar-refractivity contribution in [1.82, 2.24) is 4.90 Å². The van der Waals surface area contributed by atoms with Gasteiger partial charge in [-0.25, -0.2) is 0 Å². The van der Waals surface area contributed by atoms with E-state index in [2.05, 4.69) is 29.2 Å². The standard InChI is InChI=1S/C15H19NO/c1-11(17)16-9-8-12-6-7-14(16)10-13-4-2-3-5-15(12)13/h2-5,12,14H,6-10H2,1H3. The van der Waals surface area contributed by atoms with Crippen molar-refractivity contribution in [3.63, 3.8) is 0 Å². The fraction of sp³-hybridized carbons (Fsp3) is 0.533. The van der Waals surface area contributed by atoms with Gasteiger partial charge in [0.2, 0.25) is 5.91 Å². The monoisotopic (exact) mass is 229 g/mol. The van der Waals surface area contributed by atoms with E-state index in [1.165, 1.54) is 18.4 Å². The van der Waals surface area contributed by atoms with Gasteiger partial charge in [-0.2, -0.15) is 0 Å². The summed E-state index contributed by atoms with van der Waals surface area (Å²) in [5.41, 5.74) is 3.00. The average Bonchev–Trinajstić information content (AvgIpc) is 2.60. The highest BCUT2D eigenvalue weighted by Crippen LogP contribution is 2.37. The molecule has 1 aromatic rings. The van der Waals surface area contributed by atoms with Crippen LogP contribution in [0.5, 0.6) is 0 Å². The van der Waals surface area contributed by atoms with E-state index in [1.807, 2.05) is 0 Å². The van der Waals surface area contributed by atoms with Crippen molar-refractivity contribution in [3.8, 4) is 0 Å². The topological polar surface area (TPSA) is 20.3 Å². The van der Waals surface area contributed by atoms with Gasteiger partial charge in [-0.1, -0.05) is 24.3 Å². The first-order chi connectivity index (χ1) is 8.25. The number of nitrogens with zero attached hydrogens (tertiary/aromatic N) is 1. The van der Waals surface area contributed by atoms with Crippen molar-refractivity contribution in [2.45, 2.75) is 44.6 Å².